The third-order valence-electron chi connectivity index (χ3n) is 27.1. The fraction of sp³-hybridized carbons (Fsp3) is 0.746. The van der Waals surface area contributed by atoms with Gasteiger partial charge < -0.3 is 43.6 Å². The quantitative estimate of drug-likeness (QED) is 0.106. The Labute approximate surface area is 471 Å². The van der Waals surface area contributed by atoms with Crippen LogP contribution in [0.25, 0.3) is 0 Å². The molecule has 14 aliphatic rings. The Balaban J connectivity index is 0.842. The number of esters is 2. The Hall–Kier alpha value is -3.85. The van der Waals surface area contributed by atoms with Crippen molar-refractivity contribution in [1.82, 2.24) is 10.2 Å². The van der Waals surface area contributed by atoms with E-state index in [2.05, 4.69) is 71.9 Å². The summed E-state index contributed by atoms with van der Waals surface area (Å²) < 4.78 is 35.7. The van der Waals surface area contributed by atoms with Gasteiger partial charge in [0.15, 0.2) is 11.9 Å². The number of carbonyl (C=O) groups is 3. The van der Waals surface area contributed by atoms with Gasteiger partial charge in [0.05, 0.1) is 42.6 Å². The predicted molar refractivity (Wildman–Crippen MR) is 294 cm³/mol. The van der Waals surface area contributed by atoms with Crippen molar-refractivity contribution in [2.24, 2.45) is 85.8 Å². The van der Waals surface area contributed by atoms with Crippen molar-refractivity contribution in [3.63, 3.8) is 0 Å². The van der Waals surface area contributed by atoms with Gasteiger partial charge in [-0.1, -0.05) is 81.2 Å². The lowest BCUT2D eigenvalue weighted by Crippen LogP contribution is -2.81. The lowest BCUT2D eigenvalue weighted by atomic mass is 9.30. The average molecular weight is 1100 g/mol. The van der Waals surface area contributed by atoms with Crippen LogP contribution in [-0.2, 0) is 46.2 Å². The average Bonchev–Trinajstić information content (AvgIpc) is 1.44. The fourth-order valence-corrected chi connectivity index (χ4v) is 24.4. The number of ketones is 1. The number of benzene rings is 1. The zero-order valence-corrected chi connectivity index (χ0v) is 47.5. The largest absolute Gasteiger partial charge is 0.469 e. The Morgan fingerprint density at radius 1 is 0.863 bits per heavy atom. The number of nitrogens with one attached hydrogen (secondary N) is 1. The minimum absolute atomic E-state index is 0.0000195. The first-order valence-electron chi connectivity index (χ1n) is 31.8. The third-order valence-corrected chi connectivity index (χ3v) is 27.1. The summed E-state index contributed by atoms with van der Waals surface area (Å²) in [5.41, 5.74) is -5.96. The molecule has 4 N–H and O–H groups in total. The monoisotopic (exact) mass is 1090 g/mol. The zero-order valence-electron chi connectivity index (χ0n) is 47.5. The van der Waals surface area contributed by atoms with Gasteiger partial charge in [-0.05, 0) is 186 Å². The molecule has 21 atom stereocenters. The number of ether oxygens (including phenoxy) is 4. The van der Waals surface area contributed by atoms with E-state index >= 15 is 14.4 Å². The molecule has 8 aliphatic carbocycles. The zero-order chi connectivity index (χ0) is 54.6. The van der Waals surface area contributed by atoms with Crippen LogP contribution >= 0.6 is 0 Å². The maximum absolute atomic E-state index is 16.7. The maximum Gasteiger partial charge on any atom is 0.339 e. The summed E-state index contributed by atoms with van der Waals surface area (Å²) in [4.78, 5) is 50.1. The van der Waals surface area contributed by atoms with Crippen LogP contribution in [0.3, 0.4) is 0 Å². The van der Waals surface area contributed by atoms with Crippen molar-refractivity contribution >= 4 is 17.7 Å². The molecule has 0 radical (unpaired) electrons. The van der Waals surface area contributed by atoms with Crippen LogP contribution in [-0.4, -0.2) is 106 Å². The number of hydrogen-bond acceptors (Lipinski definition) is 13. The number of hydrogen-bond donors (Lipinski definition) is 4. The highest BCUT2D eigenvalue weighted by Crippen LogP contribution is 2.87. The predicted octanol–water partition coefficient (Wildman–Crippen LogP) is 9.12. The van der Waals surface area contributed by atoms with Gasteiger partial charge in [-0.25, -0.2) is 4.79 Å². The molecule has 13 heteroatoms. The number of aliphatic hydroxyl groups is 3. The Kier molecular flexibility index (Phi) is 11.3. The van der Waals surface area contributed by atoms with Crippen molar-refractivity contribution in [3.8, 4) is 0 Å². The highest BCUT2D eigenvalue weighted by molar-refractivity contribution is 5.93. The molecule has 1 aromatic heterocycles. The normalized spacial score (nSPS) is 49.2. The van der Waals surface area contributed by atoms with Gasteiger partial charge in [-0.15, -0.1) is 0 Å². The SMILES string of the molecule is CC1(C)O[C@@]23C=C[C@@H]4C5(CCCC5)CC[C@]45CC[C@]2(C5)C(=O)OC[C@@]32[C@@H]1C(=O)[C@@H](O)[C@]1([C@H]3CCC[C@H](Cc4ccccc4)C3)[C@@H]2CC[C@@]2(C)[C@H](c3ccoc3C[C@@H]([C@H]3CC[C@H]4[C@H](C=CN5CNC[C@H]45)C3)[C@H](O)CO)OC(=O)[C@H]3O[C@@]312. The molecule has 1 aromatic carbocycles. The molecule has 430 valence electrons. The molecule has 16 rings (SSSR count). The number of carbonyl (C=O) groups excluding carboxylic acids is 3. The fourth-order valence-electron chi connectivity index (χ4n) is 24.4. The summed E-state index contributed by atoms with van der Waals surface area (Å²) in [6, 6.07) is 13.1. The van der Waals surface area contributed by atoms with E-state index in [-0.39, 0.29) is 59.5 Å². The van der Waals surface area contributed by atoms with E-state index in [1.165, 1.54) is 37.7 Å². The second-order valence-corrected chi connectivity index (χ2v) is 30.1. The van der Waals surface area contributed by atoms with Gasteiger partial charge in [0.25, 0.3) is 0 Å². The molecule has 5 saturated heterocycles. The summed E-state index contributed by atoms with van der Waals surface area (Å²) in [7, 11) is 0. The first-order valence-corrected chi connectivity index (χ1v) is 31.8. The first-order chi connectivity index (χ1) is 38.6. The molecule has 6 aliphatic heterocycles. The van der Waals surface area contributed by atoms with E-state index in [0.717, 1.165) is 83.0 Å². The van der Waals surface area contributed by atoms with Crippen LogP contribution in [0.4, 0.5) is 0 Å². The molecular formula is C67H86N2O11. The lowest BCUT2D eigenvalue weighted by molar-refractivity contribution is -0.298. The number of cyclic esters (lactones) is 2. The maximum atomic E-state index is 16.7. The van der Waals surface area contributed by atoms with Crippen molar-refractivity contribution in [2.45, 2.75) is 196 Å². The van der Waals surface area contributed by atoms with Gasteiger partial charge in [0.1, 0.15) is 41.2 Å². The molecule has 0 unspecified atom stereocenters. The van der Waals surface area contributed by atoms with Crippen molar-refractivity contribution < 1.29 is 53.1 Å². The number of furan rings is 1. The number of aliphatic hydroxyl groups excluding tert-OH is 3. The third kappa shape index (κ3) is 6.24. The second kappa shape index (κ2) is 17.4. The number of fused-ring (bicyclic) bond motifs is 5. The highest BCUT2D eigenvalue weighted by atomic mass is 16.7. The molecule has 13 nitrogen and oxygen atoms in total. The molecule has 2 aromatic rings. The molecule has 7 heterocycles. The van der Waals surface area contributed by atoms with E-state index in [9.17, 15) is 15.3 Å². The molecule has 0 amide bonds. The molecule has 80 heavy (non-hydrogen) atoms. The lowest BCUT2D eigenvalue weighted by Gasteiger charge is -2.72. The van der Waals surface area contributed by atoms with E-state index in [1.807, 2.05) is 19.9 Å². The summed E-state index contributed by atoms with van der Waals surface area (Å²) >= 11 is 0. The van der Waals surface area contributed by atoms with Crippen molar-refractivity contribution in [1.29, 1.82) is 0 Å². The minimum Gasteiger partial charge on any atom is -0.469 e. The van der Waals surface area contributed by atoms with Crippen LogP contribution in [0, 0.1) is 85.8 Å². The van der Waals surface area contributed by atoms with Gasteiger partial charge in [-0.2, -0.15) is 0 Å². The van der Waals surface area contributed by atoms with Crippen molar-refractivity contribution in [2.75, 3.05) is 26.4 Å². The van der Waals surface area contributed by atoms with Gasteiger partial charge in [0, 0.05) is 35.4 Å². The standard InChI is InChI=1S/C67H86N2O11/c1-59(2)53-52(72)54(73)66(43-13-9-12-40(31-43)30-39-10-5-4-6-11-39)51(64(53)37-77-58(75)63-27-26-62(36-63)25-24-61(20-7-8-21-61)50(62)17-23-65(63,64)80-59)16-22-60(3)55(78-57(74)56-67(60,66)79-56)45-19-29-76-49(45)33-46(48(71)35-70)41-14-15-44-42(32-41)18-28-69-38-68-34-47(44)69/h4-6,10-11,17-19,23,28-29,40-44,46-48,50-51,53-56,68,70-71,73H,7-9,12-16,20-22,24-27,30-38H2,1-3H3/t40-,41+,42-,43+,44+,46+,47-,48-,50-,51-,53-,54-,55+,56-,60+,62-,63+,64-,65+,66+,67-/m1/s1. The minimum atomic E-state index is -1.51. The van der Waals surface area contributed by atoms with E-state index in [1.54, 1.807) is 6.26 Å². The van der Waals surface area contributed by atoms with Crippen LogP contribution < -0.4 is 5.32 Å². The van der Waals surface area contributed by atoms with E-state index in [4.69, 9.17) is 23.4 Å². The topological polar surface area (TPSA) is 181 Å². The summed E-state index contributed by atoms with van der Waals surface area (Å²) in [6.45, 7) is 7.74. The smallest absolute Gasteiger partial charge is 0.339 e. The number of allylic oxidation sites excluding steroid dienone is 2. The van der Waals surface area contributed by atoms with Gasteiger partial charge >= 0.3 is 11.9 Å². The summed E-state index contributed by atoms with van der Waals surface area (Å²) in [5.74, 6) is -0.603. The van der Waals surface area contributed by atoms with Crippen molar-refractivity contribution in [3.05, 3.63) is 84.0 Å². The number of epoxide rings is 1. The first kappa shape index (κ1) is 51.8. The van der Waals surface area contributed by atoms with Gasteiger partial charge in [-0.3, -0.25) is 14.9 Å². The molecule has 7 saturated carbocycles. The molecule has 12 fully saturated rings. The number of rotatable bonds is 9. The Morgan fingerprint density at radius 2 is 1.68 bits per heavy atom. The van der Waals surface area contributed by atoms with Crippen LogP contribution in [0.5, 0.6) is 0 Å². The highest BCUT2D eigenvalue weighted by Gasteiger charge is 2.96. The molecule has 6 spiro atoms. The second-order valence-electron chi connectivity index (χ2n) is 30.1. The van der Waals surface area contributed by atoms with Crippen LogP contribution in [0.1, 0.15) is 159 Å². The Bertz CT molecular complexity index is 2930. The summed E-state index contributed by atoms with van der Waals surface area (Å²) in [5, 5.41) is 40.3. The summed E-state index contributed by atoms with van der Waals surface area (Å²) in [6.07, 6.45) is 24.6. The van der Waals surface area contributed by atoms with Gasteiger partial charge in [0.2, 0.25) is 0 Å². The van der Waals surface area contributed by atoms with Crippen LogP contribution in [0.2, 0.25) is 0 Å². The van der Waals surface area contributed by atoms with E-state index < -0.39 is 80.7 Å². The van der Waals surface area contributed by atoms with Crippen LogP contribution in [0.15, 0.2) is 71.5 Å². The number of Topliss-reactive ketones (excluding diaryl/α,β-unsaturated/α-hetero) is 1. The Morgan fingerprint density at radius 3 is 2.50 bits per heavy atom. The van der Waals surface area contributed by atoms with E-state index in [0.29, 0.717) is 61.7 Å². The number of nitrogens with zero attached hydrogens (tertiary/aromatic N) is 1. The molecular weight excluding hydrogens is 1010 g/mol. The molecule has 2 bridgehead atoms.